The summed E-state index contributed by atoms with van der Waals surface area (Å²) in [6.07, 6.45) is 0. The Morgan fingerprint density at radius 3 is 2.35 bits per heavy atom. The maximum absolute atomic E-state index is 11.6. The minimum absolute atomic E-state index is 0.276. The van der Waals surface area contributed by atoms with Crippen LogP contribution in [0.2, 0.25) is 0 Å². The molecule has 0 aliphatic heterocycles. The van der Waals surface area contributed by atoms with Crippen molar-refractivity contribution in [1.82, 2.24) is 9.55 Å². The fourth-order valence-corrected chi connectivity index (χ4v) is 1.82. The van der Waals surface area contributed by atoms with Crippen molar-refractivity contribution in [3.05, 3.63) is 28.3 Å². The van der Waals surface area contributed by atoms with Gasteiger partial charge < -0.3 is 9.47 Å². The van der Waals surface area contributed by atoms with E-state index >= 15 is 0 Å². The smallest absolute Gasteiger partial charge is 0.348 e. The van der Waals surface area contributed by atoms with Gasteiger partial charge in [0.15, 0.2) is 11.5 Å². The molecule has 5 nitrogen and oxygen atoms in total. The van der Waals surface area contributed by atoms with E-state index in [4.69, 9.17) is 9.47 Å². The summed E-state index contributed by atoms with van der Waals surface area (Å²) in [5.41, 5.74) is 1.19. The molecule has 0 amide bonds. The molecule has 0 spiro atoms. The van der Waals surface area contributed by atoms with E-state index in [1.165, 1.54) is 4.57 Å². The molecular weight excluding hydrogens is 220 g/mol. The summed E-state index contributed by atoms with van der Waals surface area (Å²) in [6.45, 7) is 1.80. The molecule has 90 valence electrons. The topological polar surface area (TPSA) is 53.3 Å². The number of aromatic nitrogens is 2. The molecule has 0 saturated heterocycles. The largest absolute Gasteiger partial charge is 0.493 e. The van der Waals surface area contributed by atoms with E-state index in [9.17, 15) is 4.79 Å². The van der Waals surface area contributed by atoms with Crippen LogP contribution in [0.25, 0.3) is 10.9 Å². The van der Waals surface area contributed by atoms with E-state index in [1.807, 2.05) is 6.07 Å². The van der Waals surface area contributed by atoms with Gasteiger partial charge in [-0.1, -0.05) is 0 Å². The van der Waals surface area contributed by atoms with Gasteiger partial charge in [-0.3, -0.25) is 4.57 Å². The van der Waals surface area contributed by atoms with Crippen molar-refractivity contribution in [2.24, 2.45) is 7.05 Å². The lowest BCUT2D eigenvalue weighted by molar-refractivity contribution is 0.355. The summed E-state index contributed by atoms with van der Waals surface area (Å²) < 4.78 is 11.9. The molecule has 0 fully saturated rings. The third-order valence-electron chi connectivity index (χ3n) is 2.80. The summed E-state index contributed by atoms with van der Waals surface area (Å²) in [6, 6.07) is 3.61. The number of nitrogens with zero attached hydrogens (tertiary/aromatic N) is 2. The van der Waals surface area contributed by atoms with Gasteiger partial charge in [0.1, 0.15) is 0 Å². The fourth-order valence-electron chi connectivity index (χ4n) is 1.82. The highest BCUT2D eigenvalue weighted by molar-refractivity contribution is 5.84. The zero-order valence-electron chi connectivity index (χ0n) is 10.3. The molecule has 1 heterocycles. The quantitative estimate of drug-likeness (QED) is 0.785. The average Bonchev–Trinajstić information content (AvgIpc) is 2.34. The van der Waals surface area contributed by atoms with Crippen LogP contribution in [0.4, 0.5) is 0 Å². The van der Waals surface area contributed by atoms with Gasteiger partial charge in [0, 0.05) is 18.5 Å². The Labute approximate surface area is 98.6 Å². The minimum atomic E-state index is -0.276. The Morgan fingerprint density at radius 2 is 1.76 bits per heavy atom. The van der Waals surface area contributed by atoms with Crippen LogP contribution in [0.1, 0.15) is 5.69 Å². The van der Waals surface area contributed by atoms with E-state index in [0.29, 0.717) is 17.2 Å². The lowest BCUT2D eigenvalue weighted by atomic mass is 10.1. The van der Waals surface area contributed by atoms with Crippen molar-refractivity contribution in [2.75, 3.05) is 14.2 Å². The Bertz CT molecular complexity index is 632. The number of benzene rings is 1. The first-order valence-corrected chi connectivity index (χ1v) is 5.18. The van der Waals surface area contributed by atoms with Gasteiger partial charge in [0.2, 0.25) is 0 Å². The lowest BCUT2D eigenvalue weighted by Crippen LogP contribution is -2.21. The molecule has 2 rings (SSSR count). The second kappa shape index (κ2) is 4.08. The molecule has 1 aromatic carbocycles. The van der Waals surface area contributed by atoms with Crippen LogP contribution in [-0.4, -0.2) is 23.8 Å². The predicted molar refractivity (Wildman–Crippen MR) is 64.8 cm³/mol. The maximum Gasteiger partial charge on any atom is 0.348 e. The predicted octanol–water partition coefficient (Wildman–Crippen LogP) is 1.26. The van der Waals surface area contributed by atoms with E-state index in [2.05, 4.69) is 4.98 Å². The second-order valence-corrected chi connectivity index (χ2v) is 3.76. The third-order valence-corrected chi connectivity index (χ3v) is 2.80. The molecule has 0 radical (unpaired) electrons. The SMILES string of the molecule is COc1cc2c(C)nc(=O)n(C)c2cc1OC. The summed E-state index contributed by atoms with van der Waals surface area (Å²) in [4.78, 5) is 15.5. The fraction of sp³-hybridized carbons (Fsp3) is 0.333. The normalized spacial score (nSPS) is 10.6. The minimum Gasteiger partial charge on any atom is -0.493 e. The molecule has 2 aromatic rings. The average molecular weight is 234 g/mol. The number of methoxy groups -OCH3 is 2. The number of hydrogen-bond donors (Lipinski definition) is 0. The third kappa shape index (κ3) is 1.73. The van der Waals surface area contributed by atoms with Gasteiger partial charge >= 0.3 is 5.69 Å². The van der Waals surface area contributed by atoms with Crippen molar-refractivity contribution in [3.8, 4) is 11.5 Å². The van der Waals surface area contributed by atoms with Crippen molar-refractivity contribution in [3.63, 3.8) is 0 Å². The highest BCUT2D eigenvalue weighted by Gasteiger charge is 2.11. The first kappa shape index (κ1) is 11.4. The monoisotopic (exact) mass is 234 g/mol. The van der Waals surface area contributed by atoms with Gasteiger partial charge in [-0.15, -0.1) is 0 Å². The Balaban J connectivity index is 2.92. The van der Waals surface area contributed by atoms with Gasteiger partial charge in [-0.25, -0.2) is 4.79 Å². The molecule has 0 unspecified atom stereocenters. The molecule has 0 atom stereocenters. The number of hydrogen-bond acceptors (Lipinski definition) is 4. The van der Waals surface area contributed by atoms with Gasteiger partial charge in [0.25, 0.3) is 0 Å². The van der Waals surface area contributed by atoms with Crippen molar-refractivity contribution < 1.29 is 9.47 Å². The van der Waals surface area contributed by atoms with Crippen molar-refractivity contribution in [1.29, 1.82) is 0 Å². The van der Waals surface area contributed by atoms with Crippen LogP contribution in [-0.2, 0) is 7.05 Å². The van der Waals surface area contributed by atoms with Crippen molar-refractivity contribution in [2.45, 2.75) is 6.92 Å². The van der Waals surface area contributed by atoms with Gasteiger partial charge in [-0.05, 0) is 13.0 Å². The van der Waals surface area contributed by atoms with Crippen LogP contribution < -0.4 is 15.2 Å². The zero-order valence-corrected chi connectivity index (χ0v) is 10.3. The van der Waals surface area contributed by atoms with E-state index in [1.54, 1.807) is 34.3 Å². The van der Waals surface area contributed by atoms with Crippen LogP contribution in [0, 0.1) is 6.92 Å². The van der Waals surface area contributed by atoms with Gasteiger partial charge in [0.05, 0.1) is 25.4 Å². The summed E-state index contributed by atoms with van der Waals surface area (Å²) >= 11 is 0. The number of rotatable bonds is 2. The Kier molecular flexibility index (Phi) is 2.75. The highest BCUT2D eigenvalue weighted by Crippen LogP contribution is 2.32. The molecule has 0 saturated carbocycles. The molecular formula is C12H14N2O3. The molecule has 0 bridgehead atoms. The standard InChI is InChI=1S/C12H14N2O3/c1-7-8-5-10(16-3)11(17-4)6-9(8)14(2)12(15)13-7/h5-6H,1-4H3. The Hall–Kier alpha value is -2.04. The molecule has 0 N–H and O–H groups in total. The number of ether oxygens (including phenoxy) is 2. The second-order valence-electron chi connectivity index (χ2n) is 3.76. The lowest BCUT2D eigenvalue weighted by Gasteiger charge is -2.12. The molecule has 5 heteroatoms. The number of aryl methyl sites for hydroxylation is 2. The van der Waals surface area contributed by atoms with Crippen LogP contribution in [0.5, 0.6) is 11.5 Å². The molecule has 1 aromatic heterocycles. The Morgan fingerprint density at radius 1 is 1.18 bits per heavy atom. The summed E-state index contributed by atoms with van der Waals surface area (Å²) in [7, 11) is 4.83. The van der Waals surface area contributed by atoms with Crippen molar-refractivity contribution >= 4 is 10.9 Å². The van der Waals surface area contributed by atoms with Crippen LogP contribution >= 0.6 is 0 Å². The zero-order chi connectivity index (χ0) is 12.6. The summed E-state index contributed by atoms with van der Waals surface area (Å²) in [5.74, 6) is 1.23. The molecule has 0 aliphatic rings. The maximum atomic E-state index is 11.6. The van der Waals surface area contributed by atoms with Crippen LogP contribution in [0.3, 0.4) is 0 Å². The summed E-state index contributed by atoms with van der Waals surface area (Å²) in [5, 5.41) is 0.879. The molecule has 0 aliphatic carbocycles. The highest BCUT2D eigenvalue weighted by atomic mass is 16.5. The van der Waals surface area contributed by atoms with E-state index in [0.717, 1.165) is 10.9 Å². The van der Waals surface area contributed by atoms with Gasteiger partial charge in [-0.2, -0.15) is 4.98 Å². The number of fused-ring (bicyclic) bond motifs is 1. The van der Waals surface area contributed by atoms with E-state index in [-0.39, 0.29) is 5.69 Å². The van der Waals surface area contributed by atoms with E-state index < -0.39 is 0 Å². The first-order chi connectivity index (χ1) is 8.08. The molecule has 17 heavy (non-hydrogen) atoms. The van der Waals surface area contributed by atoms with Crippen LogP contribution in [0.15, 0.2) is 16.9 Å². The first-order valence-electron chi connectivity index (χ1n) is 5.18.